The summed E-state index contributed by atoms with van der Waals surface area (Å²) in [5, 5.41) is 20.4. The van der Waals surface area contributed by atoms with Crippen molar-refractivity contribution in [2.45, 2.75) is 0 Å². The number of pyridine rings is 1. The topological polar surface area (TPSA) is 119 Å². The second-order valence-corrected chi connectivity index (χ2v) is 4.07. The number of benzene rings is 1. The van der Waals surface area contributed by atoms with Crippen LogP contribution < -0.4 is 10.9 Å². The summed E-state index contributed by atoms with van der Waals surface area (Å²) >= 11 is 0. The van der Waals surface area contributed by atoms with Gasteiger partial charge in [-0.2, -0.15) is 0 Å². The molecule has 1 aromatic heterocycles. The fourth-order valence-electron chi connectivity index (χ4n) is 1.66. The van der Waals surface area contributed by atoms with Gasteiger partial charge in [-0.15, -0.1) is 0 Å². The number of hydrogen-bond acceptors (Lipinski definition) is 4. The minimum absolute atomic E-state index is 0.131. The number of hydrogen-bond donors (Lipinski definition) is 4. The molecule has 0 aliphatic rings. The summed E-state index contributed by atoms with van der Waals surface area (Å²) in [4.78, 5) is 36.1. The number of aromatic amines is 1. The third-order valence-electron chi connectivity index (χ3n) is 2.55. The van der Waals surface area contributed by atoms with Gasteiger partial charge in [-0.05, 0) is 18.2 Å². The Morgan fingerprint density at radius 1 is 1.19 bits per heavy atom. The van der Waals surface area contributed by atoms with Crippen LogP contribution in [0.5, 0.6) is 5.88 Å². The first-order valence-corrected chi connectivity index (χ1v) is 5.64. The number of amides is 1. The number of carboxylic acids is 1. The van der Waals surface area contributed by atoms with Crippen molar-refractivity contribution in [1.29, 1.82) is 0 Å². The highest BCUT2D eigenvalue weighted by atomic mass is 19.1. The van der Waals surface area contributed by atoms with Gasteiger partial charge in [0.2, 0.25) is 0 Å². The first kappa shape index (κ1) is 14.3. The molecule has 0 aliphatic carbocycles. The van der Waals surface area contributed by atoms with E-state index in [0.29, 0.717) is 0 Å². The average Bonchev–Trinajstić information content (AvgIpc) is 2.39. The number of anilines is 1. The lowest BCUT2D eigenvalue weighted by atomic mass is 10.1. The summed E-state index contributed by atoms with van der Waals surface area (Å²) in [7, 11) is 0. The normalized spacial score (nSPS) is 10.1. The number of carbonyl (C=O) groups excluding carboxylic acids is 1. The third kappa shape index (κ3) is 3.24. The molecular weight excluding hydrogens is 283 g/mol. The van der Waals surface area contributed by atoms with E-state index in [2.05, 4.69) is 5.32 Å². The van der Waals surface area contributed by atoms with Crippen molar-refractivity contribution in [1.82, 2.24) is 4.98 Å². The SMILES string of the molecule is O=C(Nc1ccc(F)cc1C(=O)O)c1cc(O)[nH]c(=O)c1. The Bertz CT molecular complexity index is 784. The molecule has 2 rings (SSSR count). The van der Waals surface area contributed by atoms with Crippen molar-refractivity contribution in [3.8, 4) is 5.88 Å². The van der Waals surface area contributed by atoms with E-state index in [1.807, 2.05) is 4.98 Å². The molecule has 0 spiro atoms. The predicted molar refractivity (Wildman–Crippen MR) is 70.0 cm³/mol. The van der Waals surface area contributed by atoms with Crippen LogP contribution in [0.2, 0.25) is 0 Å². The van der Waals surface area contributed by atoms with Gasteiger partial charge in [0.25, 0.3) is 11.5 Å². The van der Waals surface area contributed by atoms with Gasteiger partial charge in [0.15, 0.2) is 5.88 Å². The van der Waals surface area contributed by atoms with Gasteiger partial charge in [0.1, 0.15) is 5.82 Å². The molecule has 108 valence electrons. The summed E-state index contributed by atoms with van der Waals surface area (Å²) < 4.78 is 13.0. The van der Waals surface area contributed by atoms with E-state index in [-0.39, 0.29) is 11.3 Å². The van der Waals surface area contributed by atoms with Crippen LogP contribution >= 0.6 is 0 Å². The Morgan fingerprint density at radius 3 is 2.52 bits per heavy atom. The van der Waals surface area contributed by atoms with E-state index in [0.717, 1.165) is 30.3 Å². The monoisotopic (exact) mass is 292 g/mol. The summed E-state index contributed by atoms with van der Waals surface area (Å²) in [5.41, 5.74) is -1.43. The van der Waals surface area contributed by atoms with Gasteiger partial charge in [-0.3, -0.25) is 14.6 Å². The zero-order valence-electron chi connectivity index (χ0n) is 10.4. The van der Waals surface area contributed by atoms with E-state index in [4.69, 9.17) is 5.11 Å². The molecule has 4 N–H and O–H groups in total. The predicted octanol–water partition coefficient (Wildman–Crippen LogP) is 1.17. The van der Waals surface area contributed by atoms with Gasteiger partial charge in [0, 0.05) is 12.1 Å². The van der Waals surface area contributed by atoms with E-state index < -0.39 is 34.7 Å². The van der Waals surface area contributed by atoms with Crippen LogP contribution in [0.3, 0.4) is 0 Å². The fourth-order valence-corrected chi connectivity index (χ4v) is 1.66. The number of rotatable bonds is 3. The fraction of sp³-hybridized carbons (Fsp3) is 0. The smallest absolute Gasteiger partial charge is 0.337 e. The van der Waals surface area contributed by atoms with Crippen LogP contribution in [0.1, 0.15) is 20.7 Å². The Kier molecular flexibility index (Phi) is 3.70. The lowest BCUT2D eigenvalue weighted by Crippen LogP contribution is -2.17. The van der Waals surface area contributed by atoms with Crippen molar-refractivity contribution in [3.05, 3.63) is 57.6 Å². The van der Waals surface area contributed by atoms with Gasteiger partial charge in [-0.1, -0.05) is 0 Å². The van der Waals surface area contributed by atoms with Crippen molar-refractivity contribution >= 4 is 17.6 Å². The number of H-pyrrole nitrogens is 1. The molecule has 8 heteroatoms. The zero-order valence-corrected chi connectivity index (χ0v) is 10.4. The highest BCUT2D eigenvalue weighted by molar-refractivity contribution is 6.07. The van der Waals surface area contributed by atoms with Crippen LogP contribution in [0, 0.1) is 5.82 Å². The summed E-state index contributed by atoms with van der Waals surface area (Å²) in [6.45, 7) is 0. The molecule has 0 aliphatic heterocycles. The van der Waals surface area contributed by atoms with Crippen molar-refractivity contribution < 1.29 is 24.2 Å². The third-order valence-corrected chi connectivity index (χ3v) is 2.55. The quantitative estimate of drug-likeness (QED) is 0.677. The largest absolute Gasteiger partial charge is 0.494 e. The number of aromatic hydroxyl groups is 1. The highest BCUT2D eigenvalue weighted by Crippen LogP contribution is 2.18. The number of carboxylic acid groups (broad SMARTS) is 1. The van der Waals surface area contributed by atoms with Crippen molar-refractivity contribution in [2.75, 3.05) is 5.32 Å². The first-order chi connectivity index (χ1) is 9.86. The lowest BCUT2D eigenvalue weighted by Gasteiger charge is -2.08. The molecule has 0 saturated heterocycles. The molecule has 0 saturated carbocycles. The summed E-state index contributed by atoms with van der Waals surface area (Å²) in [6, 6.07) is 4.76. The number of aromatic nitrogens is 1. The Morgan fingerprint density at radius 2 is 1.90 bits per heavy atom. The molecule has 1 amide bonds. The van der Waals surface area contributed by atoms with Gasteiger partial charge >= 0.3 is 5.97 Å². The molecule has 21 heavy (non-hydrogen) atoms. The average molecular weight is 292 g/mol. The van der Waals surface area contributed by atoms with Crippen LogP contribution in [0.4, 0.5) is 10.1 Å². The number of nitrogens with one attached hydrogen (secondary N) is 2. The van der Waals surface area contributed by atoms with Gasteiger partial charge in [0.05, 0.1) is 16.8 Å². The van der Waals surface area contributed by atoms with Crippen LogP contribution in [0.15, 0.2) is 35.1 Å². The first-order valence-electron chi connectivity index (χ1n) is 5.64. The molecule has 1 heterocycles. The lowest BCUT2D eigenvalue weighted by molar-refractivity contribution is 0.0697. The highest BCUT2D eigenvalue weighted by Gasteiger charge is 2.15. The summed E-state index contributed by atoms with van der Waals surface area (Å²) in [6.07, 6.45) is 0. The molecule has 2 aromatic rings. The van der Waals surface area contributed by atoms with E-state index in [9.17, 15) is 23.9 Å². The van der Waals surface area contributed by atoms with Crippen LogP contribution in [0.25, 0.3) is 0 Å². The number of halogens is 1. The number of carbonyl (C=O) groups is 2. The molecule has 0 fully saturated rings. The van der Waals surface area contributed by atoms with Crippen LogP contribution in [-0.4, -0.2) is 27.1 Å². The molecule has 0 bridgehead atoms. The molecule has 1 aromatic carbocycles. The van der Waals surface area contributed by atoms with Gasteiger partial charge in [-0.25, -0.2) is 9.18 Å². The minimum Gasteiger partial charge on any atom is -0.494 e. The minimum atomic E-state index is -1.42. The van der Waals surface area contributed by atoms with E-state index >= 15 is 0 Å². The summed E-state index contributed by atoms with van der Waals surface area (Å²) in [5.74, 6) is -3.51. The maximum Gasteiger partial charge on any atom is 0.337 e. The molecule has 0 radical (unpaired) electrons. The van der Waals surface area contributed by atoms with Gasteiger partial charge < -0.3 is 15.5 Å². The van der Waals surface area contributed by atoms with E-state index in [1.165, 1.54) is 0 Å². The standard InChI is InChI=1S/C13H9FN2O5/c14-7-1-2-9(8(5-7)13(20)21)15-12(19)6-3-10(17)16-11(18)4-6/h1-5H,(H,15,19)(H,20,21)(H2,16,17,18). The van der Waals surface area contributed by atoms with Crippen molar-refractivity contribution in [3.63, 3.8) is 0 Å². The Balaban J connectivity index is 2.36. The second-order valence-electron chi connectivity index (χ2n) is 4.07. The molecule has 7 nitrogen and oxygen atoms in total. The zero-order chi connectivity index (χ0) is 15.6. The van der Waals surface area contributed by atoms with Crippen LogP contribution in [-0.2, 0) is 0 Å². The Labute approximate surface area is 116 Å². The second kappa shape index (κ2) is 5.45. The molecule has 0 atom stereocenters. The molecular formula is C13H9FN2O5. The maximum atomic E-state index is 13.0. The van der Waals surface area contributed by atoms with E-state index in [1.54, 1.807) is 0 Å². The maximum absolute atomic E-state index is 13.0. The molecule has 0 unspecified atom stereocenters. The Hall–Kier alpha value is -3.16. The number of aromatic carboxylic acids is 1. The van der Waals surface area contributed by atoms with Crippen molar-refractivity contribution in [2.24, 2.45) is 0 Å².